The van der Waals surface area contributed by atoms with E-state index >= 15 is 0 Å². The highest BCUT2D eigenvalue weighted by atomic mass is 35.5. The molecule has 0 radical (unpaired) electrons. The van der Waals surface area contributed by atoms with Gasteiger partial charge in [0.15, 0.2) is 0 Å². The zero-order valence-electron chi connectivity index (χ0n) is 10.3. The van der Waals surface area contributed by atoms with Gasteiger partial charge in [-0.2, -0.15) is 0 Å². The fraction of sp³-hybridized carbons (Fsp3) is 0.417. The summed E-state index contributed by atoms with van der Waals surface area (Å²) in [6.07, 6.45) is -2.06. The Hall–Kier alpha value is -1.34. The molecule has 2 unspecified atom stereocenters. The molecule has 19 heavy (non-hydrogen) atoms. The molecule has 1 aromatic rings. The van der Waals surface area contributed by atoms with Crippen LogP contribution in [0, 0.1) is 0 Å². The number of nitrogens with one attached hydrogen (secondary N) is 1. The van der Waals surface area contributed by atoms with Crippen LogP contribution in [-0.4, -0.2) is 48.0 Å². The van der Waals surface area contributed by atoms with E-state index in [0.717, 1.165) is 0 Å². The number of carbonyl (C=O) groups excluding carboxylic acids is 1. The molecule has 0 heterocycles. The summed E-state index contributed by atoms with van der Waals surface area (Å²) in [5, 5.41) is 21.9. The Morgan fingerprint density at radius 2 is 2.05 bits per heavy atom. The molecule has 7 heteroatoms. The SMILES string of the molecule is NC(=O)C(O)CNCC(O)COc1ccccc1Cl. The highest BCUT2D eigenvalue weighted by molar-refractivity contribution is 6.32. The second-order valence-corrected chi connectivity index (χ2v) is 4.38. The number of para-hydroxylation sites is 1. The van der Waals surface area contributed by atoms with Crippen LogP contribution in [0.5, 0.6) is 5.75 Å². The van der Waals surface area contributed by atoms with Gasteiger partial charge >= 0.3 is 0 Å². The van der Waals surface area contributed by atoms with E-state index in [-0.39, 0.29) is 19.7 Å². The van der Waals surface area contributed by atoms with Gasteiger partial charge in [0.05, 0.1) is 5.02 Å². The molecule has 5 N–H and O–H groups in total. The first-order valence-corrected chi connectivity index (χ1v) is 6.12. The predicted octanol–water partition coefficient (Wildman–Crippen LogP) is -0.484. The van der Waals surface area contributed by atoms with Crippen LogP contribution in [0.25, 0.3) is 0 Å². The first-order chi connectivity index (χ1) is 9.00. The number of hydrogen-bond donors (Lipinski definition) is 4. The molecule has 2 atom stereocenters. The van der Waals surface area contributed by atoms with Crippen LogP contribution in [0.3, 0.4) is 0 Å². The van der Waals surface area contributed by atoms with Gasteiger partial charge in [0.25, 0.3) is 0 Å². The summed E-state index contributed by atoms with van der Waals surface area (Å²) < 4.78 is 5.33. The third-order valence-corrected chi connectivity index (χ3v) is 2.63. The lowest BCUT2D eigenvalue weighted by atomic mass is 10.3. The summed E-state index contributed by atoms with van der Waals surface area (Å²) in [4.78, 5) is 10.6. The van der Waals surface area contributed by atoms with E-state index in [4.69, 9.17) is 27.2 Å². The Labute approximate surface area is 116 Å². The molecule has 1 aromatic carbocycles. The predicted molar refractivity (Wildman–Crippen MR) is 71.0 cm³/mol. The number of hydrogen-bond acceptors (Lipinski definition) is 5. The molecule has 0 saturated carbocycles. The Kier molecular flexibility index (Phi) is 6.58. The Balaban J connectivity index is 2.23. The van der Waals surface area contributed by atoms with Gasteiger partial charge in [-0.25, -0.2) is 0 Å². The van der Waals surface area contributed by atoms with Crippen molar-refractivity contribution in [1.29, 1.82) is 0 Å². The number of halogens is 1. The molecular weight excluding hydrogens is 272 g/mol. The molecule has 0 bridgehead atoms. The monoisotopic (exact) mass is 288 g/mol. The second-order valence-electron chi connectivity index (χ2n) is 3.97. The first kappa shape index (κ1) is 15.7. The molecule has 6 nitrogen and oxygen atoms in total. The summed E-state index contributed by atoms with van der Waals surface area (Å²) >= 11 is 5.88. The van der Waals surface area contributed by atoms with Gasteiger partial charge in [0.2, 0.25) is 5.91 Å². The number of aliphatic hydroxyl groups is 2. The minimum absolute atomic E-state index is 0.0154. The van der Waals surface area contributed by atoms with Crippen LogP contribution < -0.4 is 15.8 Å². The molecular formula is C12H17ClN2O4. The zero-order chi connectivity index (χ0) is 14.3. The molecule has 0 aliphatic carbocycles. The van der Waals surface area contributed by atoms with Crippen molar-refractivity contribution in [2.75, 3.05) is 19.7 Å². The van der Waals surface area contributed by atoms with Crippen molar-refractivity contribution < 1.29 is 19.7 Å². The van der Waals surface area contributed by atoms with Crippen molar-refractivity contribution >= 4 is 17.5 Å². The van der Waals surface area contributed by atoms with E-state index in [1.165, 1.54) is 0 Å². The average Bonchev–Trinajstić information content (AvgIpc) is 2.37. The average molecular weight is 289 g/mol. The normalized spacial score (nSPS) is 13.8. The number of rotatable bonds is 8. The maximum atomic E-state index is 10.6. The fourth-order valence-electron chi connectivity index (χ4n) is 1.29. The summed E-state index contributed by atoms with van der Waals surface area (Å²) in [5.74, 6) is -0.324. The van der Waals surface area contributed by atoms with Crippen molar-refractivity contribution in [2.45, 2.75) is 12.2 Å². The van der Waals surface area contributed by atoms with E-state index in [1.807, 2.05) is 0 Å². The van der Waals surface area contributed by atoms with E-state index in [1.54, 1.807) is 24.3 Å². The van der Waals surface area contributed by atoms with Crippen molar-refractivity contribution in [3.05, 3.63) is 29.3 Å². The van der Waals surface area contributed by atoms with Crippen LogP contribution >= 0.6 is 11.6 Å². The van der Waals surface area contributed by atoms with Gasteiger partial charge in [0.1, 0.15) is 24.6 Å². The number of amides is 1. The van der Waals surface area contributed by atoms with Crippen LogP contribution in [-0.2, 0) is 4.79 Å². The highest BCUT2D eigenvalue weighted by Crippen LogP contribution is 2.22. The smallest absolute Gasteiger partial charge is 0.247 e. The second kappa shape index (κ2) is 7.96. The molecule has 1 rings (SSSR count). The van der Waals surface area contributed by atoms with Gasteiger partial charge in [-0.1, -0.05) is 23.7 Å². The minimum atomic E-state index is -1.27. The third-order valence-electron chi connectivity index (χ3n) is 2.31. The number of benzene rings is 1. The maximum absolute atomic E-state index is 10.6. The fourth-order valence-corrected chi connectivity index (χ4v) is 1.48. The number of aliphatic hydroxyl groups excluding tert-OH is 2. The summed E-state index contributed by atoms with van der Waals surface area (Å²) in [6, 6.07) is 6.93. The van der Waals surface area contributed by atoms with Crippen molar-refractivity contribution in [2.24, 2.45) is 5.73 Å². The lowest BCUT2D eigenvalue weighted by Crippen LogP contribution is -2.41. The maximum Gasteiger partial charge on any atom is 0.247 e. The number of nitrogens with two attached hydrogens (primary N) is 1. The summed E-state index contributed by atoms with van der Waals surface area (Å²) in [5.41, 5.74) is 4.87. The Bertz CT molecular complexity index is 416. The third kappa shape index (κ3) is 5.89. The molecule has 1 amide bonds. The van der Waals surface area contributed by atoms with E-state index in [9.17, 15) is 9.90 Å². The summed E-state index contributed by atoms with van der Waals surface area (Å²) in [7, 11) is 0. The van der Waals surface area contributed by atoms with Gasteiger partial charge in [-0.15, -0.1) is 0 Å². The number of ether oxygens (including phenoxy) is 1. The molecule has 0 spiro atoms. The van der Waals surface area contributed by atoms with Gasteiger partial charge in [-0.05, 0) is 12.1 Å². The molecule has 0 saturated heterocycles. The molecule has 0 aromatic heterocycles. The van der Waals surface area contributed by atoms with Crippen LogP contribution in [0.1, 0.15) is 0 Å². The van der Waals surface area contributed by atoms with Crippen LogP contribution in [0.2, 0.25) is 5.02 Å². The van der Waals surface area contributed by atoms with E-state index < -0.39 is 18.1 Å². The van der Waals surface area contributed by atoms with Crippen molar-refractivity contribution in [3.63, 3.8) is 0 Å². The van der Waals surface area contributed by atoms with Gasteiger partial charge in [-0.3, -0.25) is 4.79 Å². The lowest BCUT2D eigenvalue weighted by Gasteiger charge is -2.14. The quantitative estimate of drug-likeness (QED) is 0.517. The van der Waals surface area contributed by atoms with Gasteiger partial charge in [0, 0.05) is 13.1 Å². The minimum Gasteiger partial charge on any atom is -0.489 e. The first-order valence-electron chi connectivity index (χ1n) is 5.74. The highest BCUT2D eigenvalue weighted by Gasteiger charge is 2.12. The van der Waals surface area contributed by atoms with E-state index in [2.05, 4.69) is 5.32 Å². The van der Waals surface area contributed by atoms with E-state index in [0.29, 0.717) is 10.8 Å². The molecule has 0 fully saturated rings. The topological polar surface area (TPSA) is 105 Å². The number of carbonyl (C=O) groups is 1. The zero-order valence-corrected chi connectivity index (χ0v) is 11.0. The molecule has 106 valence electrons. The standard InChI is InChI=1S/C12H17ClN2O4/c13-9-3-1-2-4-11(9)19-7-8(16)5-15-6-10(17)12(14)18/h1-4,8,10,15-17H,5-7H2,(H2,14,18). The van der Waals surface area contributed by atoms with Crippen LogP contribution in [0.4, 0.5) is 0 Å². The largest absolute Gasteiger partial charge is 0.489 e. The Morgan fingerprint density at radius 3 is 2.68 bits per heavy atom. The Morgan fingerprint density at radius 1 is 1.37 bits per heavy atom. The van der Waals surface area contributed by atoms with Crippen molar-refractivity contribution in [1.82, 2.24) is 5.32 Å². The molecule has 0 aliphatic heterocycles. The van der Waals surface area contributed by atoms with Crippen molar-refractivity contribution in [3.8, 4) is 5.75 Å². The number of primary amides is 1. The molecule has 0 aliphatic rings. The van der Waals surface area contributed by atoms with Gasteiger partial charge < -0.3 is 26.0 Å². The van der Waals surface area contributed by atoms with Crippen LogP contribution in [0.15, 0.2) is 24.3 Å². The lowest BCUT2D eigenvalue weighted by molar-refractivity contribution is -0.125. The summed E-state index contributed by atoms with van der Waals surface area (Å²) in [6.45, 7) is 0.191.